The van der Waals surface area contributed by atoms with Gasteiger partial charge in [-0.05, 0) is 35.0 Å². The van der Waals surface area contributed by atoms with E-state index in [4.69, 9.17) is 4.74 Å². The van der Waals surface area contributed by atoms with Gasteiger partial charge >= 0.3 is 0 Å². The lowest BCUT2D eigenvalue weighted by Crippen LogP contribution is -2.39. The van der Waals surface area contributed by atoms with Crippen LogP contribution in [-0.4, -0.2) is 26.7 Å². The molecule has 0 aliphatic heterocycles. The molecule has 0 aliphatic carbocycles. The van der Waals surface area contributed by atoms with Crippen molar-refractivity contribution in [2.45, 2.75) is 13.0 Å². The lowest BCUT2D eigenvalue weighted by atomic mass is 10.3. The minimum Gasteiger partial charge on any atom is -0.480 e. The summed E-state index contributed by atoms with van der Waals surface area (Å²) in [4.78, 5) is 11.4. The van der Waals surface area contributed by atoms with E-state index in [0.717, 1.165) is 6.26 Å². The maximum absolute atomic E-state index is 11.4. The summed E-state index contributed by atoms with van der Waals surface area (Å²) >= 11 is 3.26. The quantitative estimate of drug-likeness (QED) is 0.907. The van der Waals surface area contributed by atoms with Crippen LogP contribution in [0.15, 0.2) is 28.7 Å². The number of benzene rings is 1. The highest BCUT2D eigenvalue weighted by molar-refractivity contribution is 9.10. The van der Waals surface area contributed by atoms with Crippen molar-refractivity contribution in [2.75, 3.05) is 6.26 Å². The molecule has 1 aromatic rings. The van der Waals surface area contributed by atoms with Crippen LogP contribution in [0.3, 0.4) is 0 Å². The highest BCUT2D eigenvalue weighted by Gasteiger charge is 2.18. The van der Waals surface area contributed by atoms with Crippen molar-refractivity contribution in [1.29, 1.82) is 0 Å². The molecule has 1 aromatic carbocycles. The third kappa shape index (κ3) is 4.74. The van der Waals surface area contributed by atoms with Gasteiger partial charge in [-0.25, -0.2) is 8.42 Å². The number of sulfonamides is 1. The Kier molecular flexibility index (Phi) is 4.53. The van der Waals surface area contributed by atoms with Crippen LogP contribution in [0.2, 0.25) is 0 Å². The molecule has 1 atom stereocenters. The fourth-order valence-corrected chi connectivity index (χ4v) is 1.96. The number of carbonyl (C=O) groups excluding carboxylic acids is 1. The second kappa shape index (κ2) is 5.50. The molecular formula is C10H12BrNO4S. The second-order valence-corrected chi connectivity index (χ2v) is 6.03. The zero-order chi connectivity index (χ0) is 13.1. The summed E-state index contributed by atoms with van der Waals surface area (Å²) in [5, 5.41) is 0. The first-order chi connectivity index (χ1) is 7.79. The summed E-state index contributed by atoms with van der Waals surface area (Å²) in [6.45, 7) is 1.47. The average Bonchev–Trinajstić information content (AvgIpc) is 2.18. The monoisotopic (exact) mass is 321 g/mol. The second-order valence-electron chi connectivity index (χ2n) is 3.43. The largest absolute Gasteiger partial charge is 0.480 e. The molecule has 0 aromatic heterocycles. The van der Waals surface area contributed by atoms with Gasteiger partial charge in [0.25, 0.3) is 5.91 Å². The average molecular weight is 322 g/mol. The maximum Gasteiger partial charge on any atom is 0.274 e. The minimum absolute atomic E-state index is 0.476. The van der Waals surface area contributed by atoms with Crippen molar-refractivity contribution < 1.29 is 17.9 Å². The molecule has 0 saturated carbocycles. The topological polar surface area (TPSA) is 72.5 Å². The van der Waals surface area contributed by atoms with Gasteiger partial charge in [0, 0.05) is 0 Å². The molecule has 0 heterocycles. The highest BCUT2D eigenvalue weighted by atomic mass is 79.9. The van der Waals surface area contributed by atoms with Crippen molar-refractivity contribution in [1.82, 2.24) is 4.72 Å². The van der Waals surface area contributed by atoms with Crippen molar-refractivity contribution in [3.63, 3.8) is 0 Å². The van der Waals surface area contributed by atoms with E-state index >= 15 is 0 Å². The number of rotatable bonds is 4. The molecule has 0 aliphatic rings. The van der Waals surface area contributed by atoms with Crippen molar-refractivity contribution in [2.24, 2.45) is 0 Å². The SMILES string of the molecule is C[C@@H](Oc1ccccc1Br)C(=O)NS(C)(=O)=O. The summed E-state index contributed by atoms with van der Waals surface area (Å²) in [5.74, 6) is -0.230. The van der Waals surface area contributed by atoms with E-state index in [1.165, 1.54) is 6.92 Å². The molecule has 0 bridgehead atoms. The van der Waals surface area contributed by atoms with Crippen LogP contribution in [0.4, 0.5) is 0 Å². The van der Waals surface area contributed by atoms with Crippen LogP contribution in [0.25, 0.3) is 0 Å². The van der Waals surface area contributed by atoms with Gasteiger partial charge in [0.05, 0.1) is 10.7 Å². The summed E-state index contributed by atoms with van der Waals surface area (Å²) in [5.41, 5.74) is 0. The Labute approximate surface area is 108 Å². The molecule has 1 rings (SSSR count). The van der Waals surface area contributed by atoms with Crippen LogP contribution in [0, 0.1) is 0 Å². The van der Waals surface area contributed by atoms with Crippen LogP contribution >= 0.6 is 15.9 Å². The smallest absolute Gasteiger partial charge is 0.274 e. The molecule has 17 heavy (non-hydrogen) atoms. The first kappa shape index (κ1) is 14.0. The van der Waals surface area contributed by atoms with Gasteiger partial charge in [-0.2, -0.15) is 0 Å². The summed E-state index contributed by atoms with van der Waals surface area (Å²) in [6, 6.07) is 6.99. The van der Waals surface area contributed by atoms with Gasteiger partial charge < -0.3 is 4.74 Å². The third-order valence-electron chi connectivity index (χ3n) is 1.80. The summed E-state index contributed by atoms with van der Waals surface area (Å²) < 4.78 is 29.6. The van der Waals surface area contributed by atoms with Crippen LogP contribution in [-0.2, 0) is 14.8 Å². The van der Waals surface area contributed by atoms with E-state index in [9.17, 15) is 13.2 Å². The normalized spacial score (nSPS) is 12.9. The highest BCUT2D eigenvalue weighted by Crippen LogP contribution is 2.24. The molecule has 0 unspecified atom stereocenters. The lowest BCUT2D eigenvalue weighted by molar-refractivity contribution is -0.125. The number of hydrogen-bond acceptors (Lipinski definition) is 4. The van der Waals surface area contributed by atoms with Gasteiger partial charge in [0.2, 0.25) is 10.0 Å². The van der Waals surface area contributed by atoms with Crippen LogP contribution in [0.1, 0.15) is 6.92 Å². The summed E-state index contributed by atoms with van der Waals surface area (Å²) in [6.07, 6.45) is 0.0131. The van der Waals surface area contributed by atoms with E-state index < -0.39 is 22.0 Å². The van der Waals surface area contributed by atoms with Gasteiger partial charge in [0.1, 0.15) is 5.75 Å². The first-order valence-electron chi connectivity index (χ1n) is 4.72. The zero-order valence-corrected chi connectivity index (χ0v) is 11.7. The predicted octanol–water partition coefficient (Wildman–Crippen LogP) is 1.29. The summed E-state index contributed by atoms with van der Waals surface area (Å²) in [7, 11) is -3.56. The minimum atomic E-state index is -3.56. The van der Waals surface area contributed by atoms with Gasteiger partial charge in [0.15, 0.2) is 6.10 Å². The fourth-order valence-electron chi connectivity index (χ4n) is 1.05. The number of halogens is 1. The molecule has 0 fully saturated rings. The Bertz CT molecular complexity index is 515. The van der Waals surface area contributed by atoms with E-state index in [1.807, 2.05) is 4.72 Å². The molecule has 0 saturated heterocycles. The Hall–Kier alpha value is -1.08. The first-order valence-corrected chi connectivity index (χ1v) is 7.41. The van der Waals surface area contributed by atoms with E-state index in [2.05, 4.69) is 15.9 Å². The van der Waals surface area contributed by atoms with Crippen LogP contribution < -0.4 is 9.46 Å². The van der Waals surface area contributed by atoms with Gasteiger partial charge in [-0.15, -0.1) is 0 Å². The number of ether oxygens (including phenoxy) is 1. The van der Waals surface area contributed by atoms with E-state index in [0.29, 0.717) is 10.2 Å². The molecule has 0 radical (unpaired) electrons. The molecule has 7 heteroatoms. The number of amides is 1. The number of para-hydroxylation sites is 1. The predicted molar refractivity (Wildman–Crippen MR) is 67.2 cm³/mol. The Morgan fingerprint density at radius 1 is 1.41 bits per heavy atom. The maximum atomic E-state index is 11.4. The Morgan fingerprint density at radius 2 is 2.00 bits per heavy atom. The number of nitrogens with one attached hydrogen (secondary N) is 1. The van der Waals surface area contributed by atoms with Gasteiger partial charge in [-0.1, -0.05) is 12.1 Å². The van der Waals surface area contributed by atoms with Crippen molar-refractivity contribution >= 4 is 31.9 Å². The molecule has 1 N–H and O–H groups in total. The number of hydrogen-bond donors (Lipinski definition) is 1. The Balaban J connectivity index is 2.70. The molecule has 1 amide bonds. The molecular weight excluding hydrogens is 310 g/mol. The fraction of sp³-hybridized carbons (Fsp3) is 0.300. The van der Waals surface area contributed by atoms with Gasteiger partial charge in [-0.3, -0.25) is 9.52 Å². The number of carbonyl (C=O) groups is 1. The van der Waals surface area contributed by atoms with Crippen LogP contribution in [0.5, 0.6) is 5.75 Å². The molecule has 0 spiro atoms. The Morgan fingerprint density at radius 3 is 2.53 bits per heavy atom. The lowest BCUT2D eigenvalue weighted by Gasteiger charge is -2.14. The standard InChI is InChI=1S/C10H12BrNO4S/c1-7(10(13)12-17(2,14)15)16-9-6-4-3-5-8(9)11/h3-7H,1-2H3,(H,12,13)/t7-/m1/s1. The molecule has 94 valence electrons. The van der Waals surface area contributed by atoms with E-state index in [-0.39, 0.29) is 0 Å². The van der Waals surface area contributed by atoms with Crippen molar-refractivity contribution in [3.8, 4) is 5.75 Å². The third-order valence-corrected chi connectivity index (χ3v) is 3.02. The molecule has 5 nitrogen and oxygen atoms in total. The van der Waals surface area contributed by atoms with Crippen molar-refractivity contribution in [3.05, 3.63) is 28.7 Å². The zero-order valence-electron chi connectivity index (χ0n) is 9.31. The van der Waals surface area contributed by atoms with E-state index in [1.54, 1.807) is 24.3 Å².